The van der Waals surface area contributed by atoms with Crippen molar-refractivity contribution in [3.8, 4) is 0 Å². The molecule has 0 unspecified atom stereocenters. The summed E-state index contributed by atoms with van der Waals surface area (Å²) in [6.07, 6.45) is 5.07. The van der Waals surface area contributed by atoms with E-state index in [0.29, 0.717) is 5.02 Å². The first-order chi connectivity index (χ1) is 19.5. The number of halogens is 3. The van der Waals surface area contributed by atoms with Crippen LogP contribution in [0.5, 0.6) is 0 Å². The Hall–Kier alpha value is -2.78. The van der Waals surface area contributed by atoms with E-state index in [2.05, 4.69) is 5.32 Å². The zero-order chi connectivity index (χ0) is 29.6. The SMILES string of the molecule is CS(=O)(=O)N(CC(=O)N(Cc1ccc(Cl)cc1)[C@@H](Cc1ccccc1)C(=O)NC1CCCC1)c1cc(Cl)ccc1Cl. The van der Waals surface area contributed by atoms with E-state index in [1.807, 2.05) is 30.3 Å². The number of benzene rings is 3. The lowest BCUT2D eigenvalue weighted by atomic mass is 10.0. The van der Waals surface area contributed by atoms with E-state index >= 15 is 0 Å². The van der Waals surface area contributed by atoms with Crippen LogP contribution >= 0.6 is 34.8 Å². The van der Waals surface area contributed by atoms with Crippen LogP contribution in [0, 0.1) is 0 Å². The predicted molar refractivity (Wildman–Crippen MR) is 165 cm³/mol. The lowest BCUT2D eigenvalue weighted by molar-refractivity contribution is -0.140. The molecule has 218 valence electrons. The van der Waals surface area contributed by atoms with E-state index < -0.39 is 28.5 Å². The van der Waals surface area contributed by atoms with Crippen LogP contribution in [0.2, 0.25) is 15.1 Å². The average molecular weight is 637 g/mol. The quantitative estimate of drug-likeness (QED) is 0.275. The fourth-order valence-corrected chi connectivity index (χ4v) is 6.40. The van der Waals surface area contributed by atoms with Crippen LogP contribution < -0.4 is 9.62 Å². The van der Waals surface area contributed by atoms with Crippen LogP contribution in [0.4, 0.5) is 5.69 Å². The Kier molecular flexibility index (Phi) is 10.6. The highest BCUT2D eigenvalue weighted by Gasteiger charge is 2.34. The Bertz CT molecular complexity index is 1460. The van der Waals surface area contributed by atoms with Gasteiger partial charge in [-0.1, -0.05) is 90.1 Å². The van der Waals surface area contributed by atoms with Gasteiger partial charge in [0.05, 0.1) is 17.0 Å². The number of amides is 2. The van der Waals surface area contributed by atoms with Gasteiger partial charge in [0.25, 0.3) is 0 Å². The van der Waals surface area contributed by atoms with E-state index in [0.717, 1.165) is 47.4 Å². The van der Waals surface area contributed by atoms with Gasteiger partial charge in [-0.05, 0) is 54.3 Å². The number of rotatable bonds is 11. The molecule has 3 aromatic carbocycles. The first kappa shape index (κ1) is 31.2. The van der Waals surface area contributed by atoms with Crippen molar-refractivity contribution in [3.63, 3.8) is 0 Å². The molecular weight excluding hydrogens is 605 g/mol. The number of carbonyl (C=O) groups is 2. The maximum atomic E-state index is 14.2. The molecule has 0 saturated heterocycles. The van der Waals surface area contributed by atoms with Gasteiger partial charge in [0.1, 0.15) is 12.6 Å². The van der Waals surface area contributed by atoms with Crippen LogP contribution in [0.15, 0.2) is 72.8 Å². The molecule has 7 nitrogen and oxygen atoms in total. The van der Waals surface area contributed by atoms with Gasteiger partial charge in [0.15, 0.2) is 0 Å². The fraction of sp³-hybridized carbons (Fsp3) is 0.333. The molecule has 2 amide bonds. The lowest BCUT2D eigenvalue weighted by Crippen LogP contribution is -2.54. The second kappa shape index (κ2) is 13.9. The second-order valence-corrected chi connectivity index (χ2v) is 13.4. The van der Waals surface area contributed by atoms with Gasteiger partial charge in [-0.15, -0.1) is 0 Å². The summed E-state index contributed by atoms with van der Waals surface area (Å²) in [4.78, 5) is 29.4. The van der Waals surface area contributed by atoms with Crippen LogP contribution in [-0.2, 0) is 32.6 Å². The van der Waals surface area contributed by atoms with Crippen molar-refractivity contribution in [1.82, 2.24) is 10.2 Å². The average Bonchev–Trinajstić information content (AvgIpc) is 3.44. The normalized spacial score (nSPS) is 14.4. The standard InChI is InChI=1S/C30H32Cl3N3O4S/c1-41(39,40)36(27-18-24(32)15-16-26(27)33)20-29(37)35(19-22-11-13-23(31)14-12-22)28(17-21-7-3-2-4-8-21)30(38)34-25-9-5-6-10-25/h2-4,7-8,11-16,18,25,28H,5-6,9-10,17,19-20H2,1H3,(H,34,38)/t28-/m0/s1. The second-order valence-electron chi connectivity index (χ2n) is 10.2. The zero-order valence-electron chi connectivity index (χ0n) is 22.6. The minimum Gasteiger partial charge on any atom is -0.352 e. The third-order valence-electron chi connectivity index (χ3n) is 7.09. The van der Waals surface area contributed by atoms with Crippen LogP contribution in [0.25, 0.3) is 0 Å². The summed E-state index contributed by atoms with van der Waals surface area (Å²) < 4.78 is 26.8. The molecule has 1 aliphatic rings. The van der Waals surface area contributed by atoms with Crippen LogP contribution in [0.1, 0.15) is 36.8 Å². The van der Waals surface area contributed by atoms with E-state index in [9.17, 15) is 18.0 Å². The molecule has 0 radical (unpaired) electrons. The molecule has 1 fully saturated rings. The van der Waals surface area contributed by atoms with Gasteiger partial charge in [0.2, 0.25) is 21.8 Å². The summed E-state index contributed by atoms with van der Waals surface area (Å²) in [5.74, 6) is -0.848. The van der Waals surface area contributed by atoms with Gasteiger partial charge >= 0.3 is 0 Å². The third-order valence-corrected chi connectivity index (χ3v) is 9.03. The molecule has 1 N–H and O–H groups in total. The Balaban J connectivity index is 1.74. The molecule has 41 heavy (non-hydrogen) atoms. The molecule has 3 aromatic rings. The molecule has 1 atom stereocenters. The number of nitrogens with zero attached hydrogens (tertiary/aromatic N) is 2. The molecular formula is C30H32Cl3N3O4S. The third kappa shape index (κ3) is 8.61. The monoisotopic (exact) mass is 635 g/mol. The van der Waals surface area contributed by atoms with Gasteiger partial charge in [-0.25, -0.2) is 8.42 Å². The molecule has 0 aliphatic heterocycles. The molecule has 11 heteroatoms. The summed E-state index contributed by atoms with van der Waals surface area (Å²) in [6, 6.07) is 19.9. The Labute approximate surface area is 256 Å². The number of carbonyl (C=O) groups excluding carboxylic acids is 2. The summed E-state index contributed by atoms with van der Waals surface area (Å²) in [5, 5.41) is 4.06. The van der Waals surface area contributed by atoms with Crippen LogP contribution in [0.3, 0.4) is 0 Å². The molecule has 4 rings (SSSR count). The van der Waals surface area contributed by atoms with Gasteiger partial charge in [-0.3, -0.25) is 13.9 Å². The smallest absolute Gasteiger partial charge is 0.244 e. The summed E-state index contributed by atoms with van der Waals surface area (Å²) >= 11 is 18.6. The topological polar surface area (TPSA) is 86.8 Å². The van der Waals surface area contributed by atoms with E-state index in [1.54, 1.807) is 24.3 Å². The highest BCUT2D eigenvalue weighted by molar-refractivity contribution is 7.92. The number of sulfonamides is 1. The molecule has 1 aliphatic carbocycles. The van der Waals surface area contributed by atoms with Crippen LogP contribution in [-0.4, -0.2) is 50.0 Å². The molecule has 0 bridgehead atoms. The first-order valence-electron chi connectivity index (χ1n) is 13.3. The highest BCUT2D eigenvalue weighted by atomic mass is 35.5. The molecule has 1 saturated carbocycles. The predicted octanol–water partition coefficient (Wildman–Crippen LogP) is 6.11. The summed E-state index contributed by atoms with van der Waals surface area (Å²) in [7, 11) is -3.96. The van der Waals surface area contributed by atoms with Crippen molar-refractivity contribution in [2.75, 3.05) is 17.1 Å². The Morgan fingerprint density at radius 1 is 0.902 bits per heavy atom. The van der Waals surface area contributed by atoms with Crippen molar-refractivity contribution in [2.45, 2.75) is 50.7 Å². The van der Waals surface area contributed by atoms with E-state index in [4.69, 9.17) is 34.8 Å². The van der Waals surface area contributed by atoms with Gasteiger partial charge in [0, 0.05) is 29.1 Å². The van der Waals surface area contributed by atoms with Crippen molar-refractivity contribution < 1.29 is 18.0 Å². The minimum atomic E-state index is -3.96. The van der Waals surface area contributed by atoms with E-state index in [1.165, 1.54) is 23.1 Å². The molecule has 0 spiro atoms. The Morgan fingerprint density at radius 3 is 2.17 bits per heavy atom. The number of nitrogens with one attached hydrogen (secondary N) is 1. The minimum absolute atomic E-state index is 0.0334. The summed E-state index contributed by atoms with van der Waals surface area (Å²) in [6.45, 7) is -0.513. The van der Waals surface area contributed by atoms with Crippen molar-refractivity contribution in [2.24, 2.45) is 0 Å². The molecule has 0 heterocycles. The highest BCUT2D eigenvalue weighted by Crippen LogP contribution is 2.31. The number of hydrogen-bond donors (Lipinski definition) is 1. The maximum Gasteiger partial charge on any atom is 0.244 e. The molecule has 0 aromatic heterocycles. The van der Waals surface area contributed by atoms with E-state index in [-0.39, 0.29) is 40.6 Å². The number of hydrogen-bond acceptors (Lipinski definition) is 4. The Morgan fingerprint density at radius 2 is 1.54 bits per heavy atom. The largest absolute Gasteiger partial charge is 0.352 e. The lowest BCUT2D eigenvalue weighted by Gasteiger charge is -2.34. The van der Waals surface area contributed by atoms with Crippen molar-refractivity contribution in [1.29, 1.82) is 0 Å². The summed E-state index contributed by atoms with van der Waals surface area (Å²) in [5.41, 5.74) is 1.68. The number of anilines is 1. The van der Waals surface area contributed by atoms with Crippen molar-refractivity contribution >= 4 is 62.3 Å². The first-order valence-corrected chi connectivity index (χ1v) is 16.3. The maximum absolute atomic E-state index is 14.2. The van der Waals surface area contributed by atoms with Gasteiger partial charge < -0.3 is 10.2 Å². The zero-order valence-corrected chi connectivity index (χ0v) is 25.7. The fourth-order valence-electron chi connectivity index (χ4n) is 4.98. The van der Waals surface area contributed by atoms with Gasteiger partial charge in [-0.2, -0.15) is 0 Å². The van der Waals surface area contributed by atoms with Crippen molar-refractivity contribution in [3.05, 3.63) is 99.0 Å².